The predicted octanol–water partition coefficient (Wildman–Crippen LogP) is 7.15. The minimum atomic E-state index is -0.930. The third-order valence-corrected chi connectivity index (χ3v) is 6.55. The molecule has 4 aromatic carbocycles. The second kappa shape index (κ2) is 11.3. The van der Waals surface area contributed by atoms with Crippen molar-refractivity contribution in [2.45, 2.75) is 33.3 Å². The van der Waals surface area contributed by atoms with Gasteiger partial charge in [-0.2, -0.15) is 0 Å². The Morgan fingerprint density at radius 3 is 1.97 bits per heavy atom. The van der Waals surface area contributed by atoms with Gasteiger partial charge >= 0.3 is 5.97 Å². The van der Waals surface area contributed by atoms with Gasteiger partial charge in [-0.3, -0.25) is 4.79 Å². The topological polar surface area (TPSA) is 81.2 Å². The van der Waals surface area contributed by atoms with Crippen LogP contribution in [-0.2, 0) is 9.53 Å². The molecule has 0 saturated carbocycles. The van der Waals surface area contributed by atoms with E-state index < -0.39 is 12.1 Å². The van der Waals surface area contributed by atoms with E-state index in [-0.39, 0.29) is 5.91 Å². The Kier molecular flexibility index (Phi) is 7.46. The molecule has 6 nitrogen and oxygen atoms in total. The molecular formula is C33H29N3O3. The van der Waals surface area contributed by atoms with Crippen LogP contribution in [0.4, 0.5) is 5.69 Å². The van der Waals surface area contributed by atoms with Crippen molar-refractivity contribution in [2.24, 2.45) is 0 Å². The highest BCUT2D eigenvalue weighted by molar-refractivity contribution is 5.99. The molecule has 0 bridgehead atoms. The van der Waals surface area contributed by atoms with E-state index >= 15 is 0 Å². The number of carbonyl (C=O) groups excluding carboxylic acids is 2. The van der Waals surface area contributed by atoms with Crippen molar-refractivity contribution in [1.82, 2.24) is 9.97 Å². The fourth-order valence-electron chi connectivity index (χ4n) is 4.46. The predicted molar refractivity (Wildman–Crippen MR) is 154 cm³/mol. The molecule has 1 atom stereocenters. The van der Waals surface area contributed by atoms with Gasteiger partial charge in [-0.05, 0) is 50.1 Å². The lowest BCUT2D eigenvalue weighted by molar-refractivity contribution is -0.124. The summed E-state index contributed by atoms with van der Waals surface area (Å²) in [5, 5.41) is 2.88. The number of hydrogen-bond donors (Lipinski definition) is 1. The van der Waals surface area contributed by atoms with Crippen molar-refractivity contribution in [3.63, 3.8) is 0 Å². The van der Waals surface area contributed by atoms with Crippen LogP contribution in [0.15, 0.2) is 97.1 Å². The Hall–Kier alpha value is -4.84. The van der Waals surface area contributed by atoms with Crippen molar-refractivity contribution in [3.05, 3.63) is 114 Å². The summed E-state index contributed by atoms with van der Waals surface area (Å²) in [6.07, 6.45) is -0.589. The van der Waals surface area contributed by atoms with Crippen LogP contribution in [0.3, 0.4) is 0 Å². The molecule has 0 aliphatic rings. The van der Waals surface area contributed by atoms with Crippen LogP contribution in [-0.4, -0.2) is 27.9 Å². The second-order valence-corrected chi connectivity index (χ2v) is 9.47. The number of rotatable bonds is 7. The van der Waals surface area contributed by atoms with E-state index in [1.54, 1.807) is 18.2 Å². The van der Waals surface area contributed by atoms with Crippen LogP contribution < -0.4 is 5.32 Å². The number of nitrogens with one attached hydrogen (secondary N) is 1. The number of fused-ring (bicyclic) bond motifs is 1. The number of aromatic nitrogens is 2. The number of benzene rings is 4. The molecular weight excluding hydrogens is 486 g/mol. The van der Waals surface area contributed by atoms with Crippen LogP contribution in [0.1, 0.15) is 34.8 Å². The lowest BCUT2D eigenvalue weighted by Gasteiger charge is -2.17. The minimum absolute atomic E-state index is 0.307. The molecule has 0 aliphatic heterocycles. The molecule has 0 spiro atoms. The molecule has 1 amide bonds. The number of carbonyl (C=O) groups is 2. The van der Waals surface area contributed by atoms with Crippen molar-refractivity contribution in [1.29, 1.82) is 0 Å². The molecule has 0 radical (unpaired) electrons. The van der Waals surface area contributed by atoms with E-state index in [4.69, 9.17) is 14.7 Å². The smallest absolute Gasteiger partial charge is 0.338 e. The maximum absolute atomic E-state index is 13.1. The molecule has 1 aromatic heterocycles. The third-order valence-electron chi connectivity index (χ3n) is 6.55. The minimum Gasteiger partial charge on any atom is -0.449 e. The van der Waals surface area contributed by atoms with Crippen LogP contribution in [0, 0.1) is 13.8 Å². The van der Waals surface area contributed by atoms with Crippen molar-refractivity contribution in [2.75, 3.05) is 5.32 Å². The van der Waals surface area contributed by atoms with Crippen molar-refractivity contribution < 1.29 is 14.3 Å². The third kappa shape index (κ3) is 5.70. The van der Waals surface area contributed by atoms with Gasteiger partial charge in [0.1, 0.15) is 0 Å². The Labute approximate surface area is 227 Å². The van der Waals surface area contributed by atoms with E-state index in [0.29, 0.717) is 28.7 Å². The first-order valence-electron chi connectivity index (χ1n) is 12.9. The quantitative estimate of drug-likeness (QED) is 0.233. The van der Waals surface area contributed by atoms with Gasteiger partial charge in [-0.1, -0.05) is 85.3 Å². The monoisotopic (exact) mass is 515 g/mol. The van der Waals surface area contributed by atoms with E-state index in [1.807, 2.05) is 99.6 Å². The summed E-state index contributed by atoms with van der Waals surface area (Å²) in [7, 11) is 0. The summed E-state index contributed by atoms with van der Waals surface area (Å²) in [6, 6.07) is 30.6. The van der Waals surface area contributed by atoms with Gasteiger partial charge in [-0.15, -0.1) is 0 Å². The average Bonchev–Trinajstić information content (AvgIpc) is 2.97. The first-order chi connectivity index (χ1) is 18.9. The molecule has 0 aliphatic carbocycles. The normalized spacial score (nSPS) is 11.7. The summed E-state index contributed by atoms with van der Waals surface area (Å²) >= 11 is 0. The SMILES string of the molecule is CCC(OC(=O)c1ccc2nc(-c3ccccc3)c(-c3ccccc3)nc2c1)C(=O)Nc1ccc(C)cc1C. The maximum atomic E-state index is 13.1. The number of anilines is 1. The molecule has 6 heteroatoms. The molecule has 5 aromatic rings. The molecule has 1 N–H and O–H groups in total. The van der Waals surface area contributed by atoms with Gasteiger partial charge in [0, 0.05) is 16.8 Å². The summed E-state index contributed by atoms with van der Waals surface area (Å²) in [4.78, 5) is 35.9. The van der Waals surface area contributed by atoms with Gasteiger partial charge in [0.05, 0.1) is 28.0 Å². The zero-order valence-electron chi connectivity index (χ0n) is 22.1. The van der Waals surface area contributed by atoms with Crippen LogP contribution in [0.25, 0.3) is 33.5 Å². The summed E-state index contributed by atoms with van der Waals surface area (Å²) in [6.45, 7) is 5.73. The fourth-order valence-corrected chi connectivity index (χ4v) is 4.46. The van der Waals surface area contributed by atoms with E-state index in [2.05, 4.69) is 5.32 Å². The number of ether oxygens (including phenoxy) is 1. The van der Waals surface area contributed by atoms with Gasteiger partial charge in [-0.25, -0.2) is 14.8 Å². The Morgan fingerprint density at radius 2 is 1.38 bits per heavy atom. The molecule has 39 heavy (non-hydrogen) atoms. The van der Waals surface area contributed by atoms with Crippen LogP contribution in [0.2, 0.25) is 0 Å². The number of esters is 1. The fraction of sp³-hybridized carbons (Fsp3) is 0.152. The molecule has 194 valence electrons. The van der Waals surface area contributed by atoms with E-state index in [0.717, 1.165) is 33.6 Å². The highest BCUT2D eigenvalue weighted by atomic mass is 16.5. The zero-order valence-corrected chi connectivity index (χ0v) is 22.1. The Balaban J connectivity index is 1.44. The summed E-state index contributed by atoms with van der Waals surface area (Å²) < 4.78 is 5.64. The lowest BCUT2D eigenvalue weighted by Crippen LogP contribution is -2.32. The zero-order chi connectivity index (χ0) is 27.4. The summed E-state index contributed by atoms with van der Waals surface area (Å²) in [5.74, 6) is -0.952. The number of nitrogens with zero attached hydrogens (tertiary/aromatic N) is 2. The highest BCUT2D eigenvalue weighted by Crippen LogP contribution is 2.31. The van der Waals surface area contributed by atoms with Crippen molar-refractivity contribution >= 4 is 28.6 Å². The van der Waals surface area contributed by atoms with Crippen molar-refractivity contribution in [3.8, 4) is 22.5 Å². The molecule has 0 saturated heterocycles. The van der Waals surface area contributed by atoms with Gasteiger partial charge in [0.25, 0.3) is 5.91 Å². The van der Waals surface area contributed by atoms with Crippen LogP contribution in [0.5, 0.6) is 0 Å². The summed E-state index contributed by atoms with van der Waals surface area (Å²) in [5.41, 5.74) is 7.64. The molecule has 1 unspecified atom stereocenters. The Bertz CT molecular complexity index is 1650. The molecule has 1 heterocycles. The lowest BCUT2D eigenvalue weighted by atomic mass is 10.0. The Morgan fingerprint density at radius 1 is 0.769 bits per heavy atom. The largest absolute Gasteiger partial charge is 0.449 e. The van der Waals surface area contributed by atoms with Gasteiger partial charge < -0.3 is 10.1 Å². The number of hydrogen-bond acceptors (Lipinski definition) is 5. The highest BCUT2D eigenvalue weighted by Gasteiger charge is 2.23. The molecule has 0 fully saturated rings. The van der Waals surface area contributed by atoms with E-state index in [9.17, 15) is 9.59 Å². The standard InChI is InChI=1S/C33H29N3O3/c1-4-29(32(37)36-26-17-15-21(2)19-22(26)3)39-33(38)25-16-18-27-28(20-25)35-31(24-13-9-6-10-14-24)30(34-27)23-11-7-5-8-12-23/h5-20,29H,4H2,1-3H3,(H,36,37). The van der Waals surface area contributed by atoms with E-state index in [1.165, 1.54) is 0 Å². The average molecular weight is 516 g/mol. The number of amides is 1. The molecule has 5 rings (SSSR count). The maximum Gasteiger partial charge on any atom is 0.338 e. The first-order valence-corrected chi connectivity index (χ1v) is 12.9. The second-order valence-electron chi connectivity index (χ2n) is 9.47. The van der Waals surface area contributed by atoms with Gasteiger partial charge in [0.15, 0.2) is 6.10 Å². The first kappa shape index (κ1) is 25.8. The number of aryl methyl sites for hydroxylation is 2. The van der Waals surface area contributed by atoms with Gasteiger partial charge in [0.2, 0.25) is 0 Å². The van der Waals surface area contributed by atoms with Crippen LogP contribution >= 0.6 is 0 Å².